The fourth-order valence-electron chi connectivity index (χ4n) is 3.41. The maximum absolute atomic E-state index is 6.30. The standard InChI is InChI=1S/C19H19Cl2N/c1-12-5-6-14(9-16(12)13-7-8-13)15-10-22(11-15)19-17(20)3-2-4-18(19)21/h2-6,9,13,15H,7-8,10-11H2,1H3. The lowest BCUT2D eigenvalue weighted by Crippen LogP contribution is -2.45. The normalized spacial score (nSPS) is 18.4. The highest BCUT2D eigenvalue weighted by Gasteiger charge is 2.32. The highest BCUT2D eigenvalue weighted by Crippen LogP contribution is 2.44. The summed E-state index contributed by atoms with van der Waals surface area (Å²) in [5, 5.41) is 1.49. The molecule has 0 bridgehead atoms. The van der Waals surface area contributed by atoms with Gasteiger partial charge in [-0.25, -0.2) is 0 Å². The Morgan fingerprint density at radius 3 is 2.27 bits per heavy atom. The lowest BCUT2D eigenvalue weighted by atomic mass is 9.88. The third-order valence-corrected chi connectivity index (χ3v) is 5.54. The predicted molar refractivity (Wildman–Crippen MR) is 94.6 cm³/mol. The monoisotopic (exact) mass is 331 g/mol. The average Bonchev–Trinajstić information content (AvgIpc) is 3.26. The number of aryl methyl sites for hydroxylation is 1. The van der Waals surface area contributed by atoms with Crippen molar-refractivity contribution in [2.45, 2.75) is 31.6 Å². The molecular weight excluding hydrogens is 313 g/mol. The van der Waals surface area contributed by atoms with Crippen LogP contribution in [-0.4, -0.2) is 13.1 Å². The molecular formula is C19H19Cl2N. The quantitative estimate of drug-likeness (QED) is 0.688. The van der Waals surface area contributed by atoms with E-state index >= 15 is 0 Å². The van der Waals surface area contributed by atoms with Crippen LogP contribution in [0.2, 0.25) is 10.0 Å². The molecule has 4 rings (SSSR count). The van der Waals surface area contributed by atoms with Gasteiger partial charge in [0.2, 0.25) is 0 Å². The van der Waals surface area contributed by atoms with Crippen LogP contribution in [0.15, 0.2) is 36.4 Å². The second-order valence-electron chi connectivity index (χ2n) is 6.56. The fraction of sp³-hybridized carbons (Fsp3) is 0.368. The lowest BCUT2D eigenvalue weighted by Gasteiger charge is -2.42. The third kappa shape index (κ3) is 2.51. The van der Waals surface area contributed by atoms with E-state index in [9.17, 15) is 0 Å². The van der Waals surface area contributed by atoms with Gasteiger partial charge < -0.3 is 4.90 Å². The highest BCUT2D eigenvalue weighted by molar-refractivity contribution is 6.39. The van der Waals surface area contributed by atoms with Crippen LogP contribution in [0.1, 0.15) is 41.4 Å². The van der Waals surface area contributed by atoms with Crippen molar-refractivity contribution in [3.05, 3.63) is 63.1 Å². The molecule has 2 aromatic rings. The summed E-state index contributed by atoms with van der Waals surface area (Å²) in [6.07, 6.45) is 2.71. The number of nitrogens with zero attached hydrogens (tertiary/aromatic N) is 1. The Morgan fingerprint density at radius 1 is 0.955 bits per heavy atom. The fourth-order valence-corrected chi connectivity index (χ4v) is 4.05. The van der Waals surface area contributed by atoms with E-state index in [4.69, 9.17) is 23.2 Å². The predicted octanol–water partition coefficient (Wildman–Crippen LogP) is 5.78. The molecule has 1 nitrogen and oxygen atoms in total. The smallest absolute Gasteiger partial charge is 0.0745 e. The van der Waals surface area contributed by atoms with Crippen molar-refractivity contribution in [3.8, 4) is 0 Å². The third-order valence-electron chi connectivity index (χ3n) is 4.93. The molecule has 0 unspecified atom stereocenters. The second-order valence-corrected chi connectivity index (χ2v) is 7.38. The Hall–Kier alpha value is -1.18. The molecule has 1 heterocycles. The number of para-hydroxylation sites is 1. The van der Waals surface area contributed by atoms with Crippen molar-refractivity contribution in [2.24, 2.45) is 0 Å². The minimum absolute atomic E-state index is 0.588. The Bertz CT molecular complexity index is 695. The first kappa shape index (κ1) is 14.4. The summed E-state index contributed by atoms with van der Waals surface area (Å²) >= 11 is 12.6. The second kappa shape index (κ2) is 5.47. The van der Waals surface area contributed by atoms with E-state index in [1.165, 1.54) is 24.0 Å². The average molecular weight is 332 g/mol. The van der Waals surface area contributed by atoms with E-state index in [-0.39, 0.29) is 0 Å². The van der Waals surface area contributed by atoms with Crippen LogP contribution in [-0.2, 0) is 0 Å². The van der Waals surface area contributed by atoms with E-state index in [2.05, 4.69) is 30.0 Å². The van der Waals surface area contributed by atoms with Crippen LogP contribution < -0.4 is 4.90 Å². The van der Waals surface area contributed by atoms with Gasteiger partial charge in [0.1, 0.15) is 0 Å². The topological polar surface area (TPSA) is 3.24 Å². The van der Waals surface area contributed by atoms with Crippen molar-refractivity contribution in [3.63, 3.8) is 0 Å². The van der Waals surface area contributed by atoms with Gasteiger partial charge in [0.25, 0.3) is 0 Å². The summed E-state index contributed by atoms with van der Waals surface area (Å²) in [4.78, 5) is 2.28. The van der Waals surface area contributed by atoms with E-state index in [1.54, 1.807) is 5.56 Å². The Labute approximate surface area is 141 Å². The van der Waals surface area contributed by atoms with Crippen molar-refractivity contribution >= 4 is 28.9 Å². The van der Waals surface area contributed by atoms with Crippen LogP contribution in [0.25, 0.3) is 0 Å². The van der Waals surface area contributed by atoms with Gasteiger partial charge >= 0.3 is 0 Å². The van der Waals surface area contributed by atoms with E-state index in [0.29, 0.717) is 5.92 Å². The molecule has 1 aliphatic carbocycles. The molecule has 1 aliphatic heterocycles. The number of rotatable bonds is 3. The molecule has 114 valence electrons. The Morgan fingerprint density at radius 2 is 1.64 bits per heavy atom. The summed E-state index contributed by atoms with van der Waals surface area (Å²) in [6.45, 7) is 4.22. The number of halogens is 2. The van der Waals surface area contributed by atoms with E-state index < -0.39 is 0 Å². The van der Waals surface area contributed by atoms with Crippen molar-refractivity contribution < 1.29 is 0 Å². The van der Waals surface area contributed by atoms with Gasteiger partial charge in [0.05, 0.1) is 15.7 Å². The van der Waals surface area contributed by atoms with Crippen LogP contribution in [0.5, 0.6) is 0 Å². The molecule has 0 N–H and O–H groups in total. The number of hydrogen-bond donors (Lipinski definition) is 0. The van der Waals surface area contributed by atoms with Gasteiger partial charge in [-0.3, -0.25) is 0 Å². The summed E-state index contributed by atoms with van der Waals surface area (Å²) in [6, 6.07) is 12.7. The summed E-state index contributed by atoms with van der Waals surface area (Å²) in [5.74, 6) is 1.40. The van der Waals surface area contributed by atoms with Gasteiger partial charge in [-0.15, -0.1) is 0 Å². The molecule has 1 saturated heterocycles. The summed E-state index contributed by atoms with van der Waals surface area (Å²) in [5.41, 5.74) is 5.45. The van der Waals surface area contributed by atoms with Crippen LogP contribution in [0.4, 0.5) is 5.69 Å². The zero-order valence-corrected chi connectivity index (χ0v) is 14.2. The lowest BCUT2D eigenvalue weighted by molar-refractivity contribution is 0.525. The first-order valence-electron chi connectivity index (χ1n) is 7.93. The van der Waals surface area contributed by atoms with Gasteiger partial charge in [-0.05, 0) is 54.5 Å². The summed E-state index contributed by atoms with van der Waals surface area (Å²) < 4.78 is 0. The Balaban J connectivity index is 1.53. The van der Waals surface area contributed by atoms with Gasteiger partial charge in [0.15, 0.2) is 0 Å². The minimum Gasteiger partial charge on any atom is -0.368 e. The van der Waals surface area contributed by atoms with Crippen molar-refractivity contribution in [1.29, 1.82) is 0 Å². The van der Waals surface area contributed by atoms with Crippen molar-refractivity contribution in [1.82, 2.24) is 0 Å². The highest BCUT2D eigenvalue weighted by atomic mass is 35.5. The van der Waals surface area contributed by atoms with Crippen LogP contribution in [0, 0.1) is 6.92 Å². The van der Waals surface area contributed by atoms with Crippen LogP contribution in [0.3, 0.4) is 0 Å². The molecule has 0 radical (unpaired) electrons. The van der Waals surface area contributed by atoms with Crippen molar-refractivity contribution in [2.75, 3.05) is 18.0 Å². The first-order chi connectivity index (χ1) is 10.6. The van der Waals surface area contributed by atoms with Gasteiger partial charge in [0, 0.05) is 19.0 Å². The maximum atomic E-state index is 6.30. The van der Waals surface area contributed by atoms with E-state index in [0.717, 1.165) is 34.7 Å². The van der Waals surface area contributed by atoms with Gasteiger partial charge in [-0.2, -0.15) is 0 Å². The number of anilines is 1. The minimum atomic E-state index is 0.588. The first-order valence-corrected chi connectivity index (χ1v) is 8.68. The van der Waals surface area contributed by atoms with Crippen LogP contribution >= 0.6 is 23.2 Å². The molecule has 3 heteroatoms. The molecule has 0 amide bonds. The molecule has 2 fully saturated rings. The SMILES string of the molecule is Cc1ccc(C2CN(c3c(Cl)cccc3Cl)C2)cc1C1CC1. The Kier molecular flexibility index (Phi) is 3.58. The number of benzene rings is 2. The maximum Gasteiger partial charge on any atom is 0.0745 e. The van der Waals surface area contributed by atoms with Gasteiger partial charge in [-0.1, -0.05) is 47.5 Å². The van der Waals surface area contributed by atoms with E-state index in [1.807, 2.05) is 18.2 Å². The summed E-state index contributed by atoms with van der Waals surface area (Å²) in [7, 11) is 0. The zero-order chi connectivity index (χ0) is 15.3. The molecule has 1 saturated carbocycles. The molecule has 0 spiro atoms. The molecule has 0 aromatic heterocycles. The molecule has 22 heavy (non-hydrogen) atoms. The number of hydrogen-bond acceptors (Lipinski definition) is 1. The largest absolute Gasteiger partial charge is 0.368 e. The molecule has 2 aromatic carbocycles. The zero-order valence-electron chi connectivity index (χ0n) is 12.7. The molecule has 2 aliphatic rings. The molecule has 0 atom stereocenters.